The fourth-order valence-electron chi connectivity index (χ4n) is 2.75. The number of anilines is 1. The van der Waals surface area contributed by atoms with Gasteiger partial charge in [-0.2, -0.15) is 0 Å². The van der Waals surface area contributed by atoms with E-state index in [9.17, 15) is 9.59 Å². The molecule has 0 atom stereocenters. The predicted molar refractivity (Wildman–Crippen MR) is 91.5 cm³/mol. The first-order chi connectivity index (χ1) is 11.5. The quantitative estimate of drug-likeness (QED) is 0.827. The van der Waals surface area contributed by atoms with Gasteiger partial charge in [0.2, 0.25) is 5.91 Å². The Morgan fingerprint density at radius 2 is 1.83 bits per heavy atom. The van der Waals surface area contributed by atoms with E-state index in [2.05, 4.69) is 4.90 Å². The highest BCUT2D eigenvalue weighted by Crippen LogP contribution is 2.19. The lowest BCUT2D eigenvalue weighted by molar-refractivity contribution is -0.135. The van der Waals surface area contributed by atoms with Crippen LogP contribution in [-0.2, 0) is 9.59 Å². The van der Waals surface area contributed by atoms with Crippen LogP contribution in [0.15, 0.2) is 24.3 Å². The first-order valence-corrected chi connectivity index (χ1v) is 8.06. The zero-order valence-electron chi connectivity index (χ0n) is 14.3. The summed E-state index contributed by atoms with van der Waals surface area (Å²) in [6.07, 6.45) is 0.934. The minimum absolute atomic E-state index is 0.0395. The van der Waals surface area contributed by atoms with Crippen molar-refractivity contribution in [2.45, 2.75) is 6.42 Å². The molecule has 7 heteroatoms. The summed E-state index contributed by atoms with van der Waals surface area (Å²) in [7, 11) is 3.62. The maximum Gasteiger partial charge on any atom is 0.323 e. The topological polar surface area (TPSA) is 73.3 Å². The summed E-state index contributed by atoms with van der Waals surface area (Å²) in [6.45, 7) is 3.05. The normalized spacial score (nSPS) is 15.7. The van der Waals surface area contributed by atoms with Crippen LogP contribution in [0.25, 0.3) is 0 Å². The number of hydrogen-bond donors (Lipinski definition) is 1. The smallest absolute Gasteiger partial charge is 0.323 e. The van der Waals surface area contributed by atoms with Gasteiger partial charge in [0.05, 0.1) is 13.7 Å². The molecule has 0 unspecified atom stereocenters. The van der Waals surface area contributed by atoms with Crippen molar-refractivity contribution in [3.05, 3.63) is 24.3 Å². The van der Waals surface area contributed by atoms with Crippen molar-refractivity contribution in [3.8, 4) is 5.75 Å². The van der Waals surface area contributed by atoms with Crippen molar-refractivity contribution in [1.82, 2.24) is 9.80 Å². The lowest BCUT2D eigenvalue weighted by Gasteiger charge is -2.27. The van der Waals surface area contributed by atoms with Crippen LogP contribution in [0.2, 0.25) is 0 Å². The number of carboxylic acid groups (broad SMARTS) is 1. The van der Waals surface area contributed by atoms with E-state index >= 15 is 0 Å². The number of carbonyl (C=O) groups is 2. The van der Waals surface area contributed by atoms with Gasteiger partial charge >= 0.3 is 5.97 Å². The fourth-order valence-corrected chi connectivity index (χ4v) is 2.75. The highest BCUT2D eigenvalue weighted by atomic mass is 16.5. The third kappa shape index (κ3) is 5.13. The molecule has 0 radical (unpaired) electrons. The largest absolute Gasteiger partial charge is 0.497 e. The van der Waals surface area contributed by atoms with E-state index in [0.717, 1.165) is 19.5 Å². The van der Waals surface area contributed by atoms with E-state index < -0.39 is 5.97 Å². The average Bonchev–Trinajstić information content (AvgIpc) is 2.78. The minimum atomic E-state index is -0.964. The summed E-state index contributed by atoms with van der Waals surface area (Å²) in [6, 6.07) is 7.06. The van der Waals surface area contributed by atoms with Crippen molar-refractivity contribution in [2.75, 3.05) is 58.3 Å². The summed E-state index contributed by atoms with van der Waals surface area (Å²) in [5.41, 5.74) is 0.693. The molecule has 1 aromatic carbocycles. The Hall–Kier alpha value is -2.28. The molecule has 0 aliphatic carbocycles. The van der Waals surface area contributed by atoms with Crippen LogP contribution >= 0.6 is 0 Å². The maximum absolute atomic E-state index is 12.6. The Morgan fingerprint density at radius 3 is 2.46 bits per heavy atom. The molecule has 0 bridgehead atoms. The molecule has 1 aromatic rings. The molecule has 1 amide bonds. The van der Waals surface area contributed by atoms with E-state index in [-0.39, 0.29) is 19.0 Å². The molecule has 0 spiro atoms. The zero-order valence-corrected chi connectivity index (χ0v) is 14.3. The van der Waals surface area contributed by atoms with Gasteiger partial charge in [0.15, 0.2) is 0 Å². The molecule has 1 heterocycles. The highest BCUT2D eigenvalue weighted by Gasteiger charge is 2.21. The van der Waals surface area contributed by atoms with Gasteiger partial charge in [-0.25, -0.2) is 0 Å². The van der Waals surface area contributed by atoms with Gasteiger partial charge in [0, 0.05) is 25.3 Å². The second-order valence-electron chi connectivity index (χ2n) is 5.99. The third-order valence-corrected chi connectivity index (χ3v) is 4.16. The number of benzene rings is 1. The molecule has 1 fully saturated rings. The van der Waals surface area contributed by atoms with Crippen LogP contribution in [0.1, 0.15) is 6.42 Å². The number of rotatable bonds is 6. The van der Waals surface area contributed by atoms with Crippen molar-refractivity contribution in [1.29, 1.82) is 0 Å². The van der Waals surface area contributed by atoms with Crippen molar-refractivity contribution in [2.24, 2.45) is 0 Å². The van der Waals surface area contributed by atoms with Gasteiger partial charge in [-0.15, -0.1) is 0 Å². The Morgan fingerprint density at radius 1 is 1.12 bits per heavy atom. The van der Waals surface area contributed by atoms with Gasteiger partial charge < -0.3 is 24.5 Å². The predicted octanol–water partition coefficient (Wildman–Crippen LogP) is 0.750. The summed E-state index contributed by atoms with van der Waals surface area (Å²) in [4.78, 5) is 29.4. The Kier molecular flexibility index (Phi) is 6.43. The lowest BCUT2D eigenvalue weighted by Crippen LogP contribution is -2.43. The van der Waals surface area contributed by atoms with E-state index in [1.165, 1.54) is 0 Å². The van der Waals surface area contributed by atoms with Crippen LogP contribution in [0.4, 0.5) is 5.69 Å². The molecule has 1 saturated heterocycles. The van der Waals surface area contributed by atoms with E-state index in [4.69, 9.17) is 9.84 Å². The SMILES string of the molecule is COc1ccc(N(CC(=O)O)CC(=O)N2CCCN(C)CC2)cc1. The number of aliphatic carboxylic acids is 1. The third-order valence-electron chi connectivity index (χ3n) is 4.16. The van der Waals surface area contributed by atoms with Crippen LogP contribution in [0.3, 0.4) is 0 Å². The zero-order chi connectivity index (χ0) is 17.5. The molecule has 2 rings (SSSR count). The van der Waals surface area contributed by atoms with Crippen molar-refractivity contribution in [3.63, 3.8) is 0 Å². The van der Waals surface area contributed by atoms with Gasteiger partial charge in [-0.1, -0.05) is 0 Å². The number of nitrogens with zero attached hydrogens (tertiary/aromatic N) is 3. The molecule has 7 nitrogen and oxygen atoms in total. The molecular weight excluding hydrogens is 310 g/mol. The maximum atomic E-state index is 12.6. The number of hydrogen-bond acceptors (Lipinski definition) is 5. The van der Waals surface area contributed by atoms with Gasteiger partial charge in [0.25, 0.3) is 0 Å². The van der Waals surface area contributed by atoms with Crippen molar-refractivity contribution >= 4 is 17.6 Å². The first kappa shape index (κ1) is 18.1. The summed E-state index contributed by atoms with van der Waals surface area (Å²) in [5.74, 6) is -0.313. The second kappa shape index (κ2) is 8.54. The number of methoxy groups -OCH3 is 1. The standard InChI is InChI=1S/C17H25N3O4/c1-18-8-3-9-19(11-10-18)16(21)12-20(13-17(22)23)14-4-6-15(24-2)7-5-14/h4-7H,3,8-13H2,1-2H3,(H,22,23). The number of carbonyl (C=O) groups excluding carboxylic acids is 1. The summed E-state index contributed by atoms with van der Waals surface area (Å²) < 4.78 is 5.12. The minimum Gasteiger partial charge on any atom is -0.497 e. The Bertz CT molecular complexity index is 561. The summed E-state index contributed by atoms with van der Waals surface area (Å²) >= 11 is 0. The van der Waals surface area contributed by atoms with Crippen LogP contribution in [0, 0.1) is 0 Å². The molecule has 24 heavy (non-hydrogen) atoms. The van der Waals surface area contributed by atoms with Crippen molar-refractivity contribution < 1.29 is 19.4 Å². The fraction of sp³-hybridized carbons (Fsp3) is 0.529. The number of likely N-dealkylation sites (N-methyl/N-ethyl adjacent to an activating group) is 1. The second-order valence-corrected chi connectivity index (χ2v) is 5.99. The average molecular weight is 335 g/mol. The van der Waals surface area contributed by atoms with Crippen LogP contribution in [-0.4, -0.2) is 80.2 Å². The molecule has 1 aliphatic heterocycles. The number of carboxylic acids is 1. The lowest BCUT2D eigenvalue weighted by atomic mass is 10.2. The van der Waals surface area contributed by atoms with Gasteiger partial charge in [0.1, 0.15) is 12.3 Å². The molecule has 132 valence electrons. The highest BCUT2D eigenvalue weighted by molar-refractivity contribution is 5.84. The van der Waals surface area contributed by atoms with Crippen LogP contribution < -0.4 is 9.64 Å². The summed E-state index contributed by atoms with van der Waals surface area (Å²) in [5, 5.41) is 9.15. The van der Waals surface area contributed by atoms with Crippen LogP contribution in [0.5, 0.6) is 5.75 Å². The van der Waals surface area contributed by atoms with E-state index in [0.29, 0.717) is 24.5 Å². The van der Waals surface area contributed by atoms with E-state index in [1.54, 1.807) is 36.3 Å². The van der Waals surface area contributed by atoms with E-state index in [1.807, 2.05) is 11.9 Å². The number of ether oxygens (including phenoxy) is 1. The molecule has 1 N–H and O–H groups in total. The molecular formula is C17H25N3O4. The Labute approximate surface area is 142 Å². The number of amides is 1. The Balaban J connectivity index is 2.06. The molecule has 0 saturated carbocycles. The molecule has 1 aliphatic rings. The first-order valence-electron chi connectivity index (χ1n) is 8.06. The monoisotopic (exact) mass is 335 g/mol. The van der Waals surface area contributed by atoms with Gasteiger partial charge in [-0.05, 0) is 44.3 Å². The molecule has 0 aromatic heterocycles. The van der Waals surface area contributed by atoms with Gasteiger partial charge in [-0.3, -0.25) is 9.59 Å².